The summed E-state index contributed by atoms with van der Waals surface area (Å²) in [7, 11) is 1.70. The van der Waals surface area contributed by atoms with E-state index >= 15 is 0 Å². The number of benzene rings is 1. The van der Waals surface area contributed by atoms with Crippen molar-refractivity contribution >= 4 is 15.9 Å². The Morgan fingerprint density at radius 2 is 2.06 bits per heavy atom. The van der Waals surface area contributed by atoms with E-state index in [4.69, 9.17) is 4.74 Å². The van der Waals surface area contributed by atoms with Gasteiger partial charge in [-0.15, -0.1) is 0 Å². The number of rotatable bonds is 5. The van der Waals surface area contributed by atoms with Crippen molar-refractivity contribution < 1.29 is 4.74 Å². The number of ether oxygens (including phenoxy) is 1. The fraction of sp³-hybridized carbons (Fsp3) is 0.538. The summed E-state index contributed by atoms with van der Waals surface area (Å²) in [5.41, 5.74) is 1.27. The van der Waals surface area contributed by atoms with Crippen molar-refractivity contribution in [1.29, 1.82) is 0 Å². The zero-order valence-electron chi connectivity index (χ0n) is 10.5. The number of hydrogen-bond acceptors (Lipinski definition) is 2. The van der Waals surface area contributed by atoms with Gasteiger partial charge in [0, 0.05) is 17.1 Å². The summed E-state index contributed by atoms with van der Waals surface area (Å²) in [4.78, 5) is 2.42. The highest BCUT2D eigenvalue weighted by Gasteiger charge is 2.10. The van der Waals surface area contributed by atoms with Gasteiger partial charge in [-0.05, 0) is 44.2 Å². The van der Waals surface area contributed by atoms with Gasteiger partial charge >= 0.3 is 0 Å². The van der Waals surface area contributed by atoms with Crippen LogP contribution in [0.15, 0.2) is 22.7 Å². The molecule has 0 bridgehead atoms. The fourth-order valence-corrected chi connectivity index (χ4v) is 2.05. The van der Waals surface area contributed by atoms with E-state index in [0.29, 0.717) is 6.04 Å². The molecule has 90 valence electrons. The van der Waals surface area contributed by atoms with Crippen LogP contribution in [0.3, 0.4) is 0 Å². The molecule has 0 saturated carbocycles. The van der Waals surface area contributed by atoms with E-state index in [0.717, 1.165) is 23.3 Å². The SMILES string of the molecule is CCN(Cc1cc(OC)ccc1Br)C(C)C. The Hall–Kier alpha value is -0.540. The highest BCUT2D eigenvalue weighted by atomic mass is 79.9. The Bertz CT molecular complexity index is 339. The van der Waals surface area contributed by atoms with E-state index in [9.17, 15) is 0 Å². The molecule has 0 spiro atoms. The van der Waals surface area contributed by atoms with Crippen molar-refractivity contribution in [3.63, 3.8) is 0 Å². The first-order chi connectivity index (χ1) is 7.58. The minimum absolute atomic E-state index is 0.558. The molecule has 0 saturated heterocycles. The van der Waals surface area contributed by atoms with Gasteiger partial charge in [-0.3, -0.25) is 4.90 Å². The molecule has 1 rings (SSSR count). The predicted molar refractivity (Wildman–Crippen MR) is 71.9 cm³/mol. The molecule has 0 aliphatic heterocycles. The topological polar surface area (TPSA) is 12.5 Å². The molecule has 0 aliphatic rings. The maximum Gasteiger partial charge on any atom is 0.119 e. The Morgan fingerprint density at radius 1 is 1.38 bits per heavy atom. The summed E-state index contributed by atoms with van der Waals surface area (Å²) in [5.74, 6) is 0.915. The van der Waals surface area contributed by atoms with Crippen molar-refractivity contribution in [3.05, 3.63) is 28.2 Å². The van der Waals surface area contributed by atoms with E-state index in [1.54, 1.807) is 7.11 Å². The third kappa shape index (κ3) is 3.49. The van der Waals surface area contributed by atoms with Crippen LogP contribution < -0.4 is 4.74 Å². The minimum atomic E-state index is 0.558. The lowest BCUT2D eigenvalue weighted by Gasteiger charge is -2.25. The molecule has 0 atom stereocenters. The average Bonchev–Trinajstić information content (AvgIpc) is 2.27. The van der Waals surface area contributed by atoms with Crippen molar-refractivity contribution in [2.75, 3.05) is 13.7 Å². The van der Waals surface area contributed by atoms with Crippen LogP contribution in [0, 0.1) is 0 Å². The van der Waals surface area contributed by atoms with Crippen LogP contribution in [0.2, 0.25) is 0 Å². The van der Waals surface area contributed by atoms with Gasteiger partial charge in [0.15, 0.2) is 0 Å². The van der Waals surface area contributed by atoms with Gasteiger partial charge in [0.2, 0.25) is 0 Å². The van der Waals surface area contributed by atoms with Gasteiger partial charge in [0.1, 0.15) is 5.75 Å². The third-order valence-corrected chi connectivity index (χ3v) is 3.54. The number of nitrogens with zero attached hydrogens (tertiary/aromatic N) is 1. The molecule has 0 aliphatic carbocycles. The lowest BCUT2D eigenvalue weighted by molar-refractivity contribution is 0.224. The molecule has 1 aromatic rings. The Kier molecular flexibility index (Phi) is 5.29. The van der Waals surface area contributed by atoms with Gasteiger partial charge in [-0.25, -0.2) is 0 Å². The summed E-state index contributed by atoms with van der Waals surface area (Å²) in [5, 5.41) is 0. The van der Waals surface area contributed by atoms with Crippen LogP contribution in [0.5, 0.6) is 5.75 Å². The van der Waals surface area contributed by atoms with E-state index in [-0.39, 0.29) is 0 Å². The third-order valence-electron chi connectivity index (χ3n) is 2.76. The molecule has 2 nitrogen and oxygen atoms in total. The lowest BCUT2D eigenvalue weighted by Crippen LogP contribution is -2.30. The molecule has 0 unspecified atom stereocenters. The molecule has 0 heterocycles. The maximum atomic E-state index is 5.25. The first-order valence-corrected chi connectivity index (χ1v) is 6.44. The summed E-state index contributed by atoms with van der Waals surface area (Å²) < 4.78 is 6.39. The molecular weight excluding hydrogens is 266 g/mol. The molecule has 3 heteroatoms. The average molecular weight is 286 g/mol. The predicted octanol–water partition coefficient (Wildman–Crippen LogP) is 3.69. The van der Waals surface area contributed by atoms with E-state index in [1.165, 1.54) is 5.56 Å². The van der Waals surface area contributed by atoms with Crippen molar-refractivity contribution in [3.8, 4) is 5.75 Å². The smallest absolute Gasteiger partial charge is 0.119 e. The molecule has 1 aromatic carbocycles. The minimum Gasteiger partial charge on any atom is -0.497 e. The van der Waals surface area contributed by atoms with Crippen LogP contribution in [-0.2, 0) is 6.54 Å². The Labute approximate surface area is 107 Å². The molecule has 0 radical (unpaired) electrons. The van der Waals surface area contributed by atoms with Crippen LogP contribution >= 0.6 is 15.9 Å². The first kappa shape index (κ1) is 13.5. The largest absolute Gasteiger partial charge is 0.497 e. The molecular formula is C13H20BrNO. The summed E-state index contributed by atoms with van der Waals surface area (Å²) in [6.07, 6.45) is 0. The first-order valence-electron chi connectivity index (χ1n) is 5.65. The van der Waals surface area contributed by atoms with Gasteiger partial charge < -0.3 is 4.74 Å². The fourth-order valence-electron chi connectivity index (χ4n) is 1.68. The molecule has 0 amide bonds. The molecule has 0 N–H and O–H groups in total. The van der Waals surface area contributed by atoms with Gasteiger partial charge in [-0.2, -0.15) is 0 Å². The quantitative estimate of drug-likeness (QED) is 0.818. The zero-order valence-corrected chi connectivity index (χ0v) is 12.0. The zero-order chi connectivity index (χ0) is 12.1. The van der Waals surface area contributed by atoms with Crippen LogP contribution in [0.1, 0.15) is 26.3 Å². The second-order valence-corrected chi connectivity index (χ2v) is 4.97. The molecule has 0 fully saturated rings. The number of halogens is 1. The summed E-state index contributed by atoms with van der Waals surface area (Å²) in [6.45, 7) is 8.64. The Morgan fingerprint density at radius 3 is 2.56 bits per heavy atom. The van der Waals surface area contributed by atoms with E-state index < -0.39 is 0 Å². The van der Waals surface area contributed by atoms with Crippen molar-refractivity contribution in [2.45, 2.75) is 33.4 Å². The monoisotopic (exact) mass is 285 g/mol. The number of methoxy groups -OCH3 is 1. The Balaban J connectivity index is 2.86. The van der Waals surface area contributed by atoms with E-state index in [2.05, 4.69) is 47.7 Å². The second kappa shape index (κ2) is 6.26. The highest BCUT2D eigenvalue weighted by Crippen LogP contribution is 2.24. The molecule has 0 aromatic heterocycles. The number of hydrogen-bond donors (Lipinski definition) is 0. The van der Waals surface area contributed by atoms with Crippen molar-refractivity contribution in [1.82, 2.24) is 4.90 Å². The lowest BCUT2D eigenvalue weighted by atomic mass is 10.2. The van der Waals surface area contributed by atoms with E-state index in [1.807, 2.05) is 12.1 Å². The van der Waals surface area contributed by atoms with Crippen LogP contribution in [0.25, 0.3) is 0 Å². The van der Waals surface area contributed by atoms with Crippen LogP contribution in [0.4, 0.5) is 0 Å². The summed E-state index contributed by atoms with van der Waals surface area (Å²) in [6, 6.07) is 6.67. The maximum absolute atomic E-state index is 5.25. The molecule has 16 heavy (non-hydrogen) atoms. The normalized spacial score (nSPS) is 11.2. The summed E-state index contributed by atoms with van der Waals surface area (Å²) >= 11 is 3.58. The standard InChI is InChI=1S/C13H20BrNO/c1-5-15(10(2)3)9-11-8-12(16-4)6-7-13(11)14/h6-8,10H,5,9H2,1-4H3. The van der Waals surface area contributed by atoms with Crippen molar-refractivity contribution in [2.24, 2.45) is 0 Å². The highest BCUT2D eigenvalue weighted by molar-refractivity contribution is 9.10. The second-order valence-electron chi connectivity index (χ2n) is 4.11. The van der Waals surface area contributed by atoms with Gasteiger partial charge in [0.05, 0.1) is 7.11 Å². The van der Waals surface area contributed by atoms with Gasteiger partial charge in [0.25, 0.3) is 0 Å². The van der Waals surface area contributed by atoms with Crippen LogP contribution in [-0.4, -0.2) is 24.6 Å². The van der Waals surface area contributed by atoms with Gasteiger partial charge in [-0.1, -0.05) is 22.9 Å².